The first-order valence-corrected chi connectivity index (χ1v) is 7.18. The van der Waals surface area contributed by atoms with Crippen molar-refractivity contribution in [2.24, 2.45) is 5.73 Å². The molecule has 4 nitrogen and oxygen atoms in total. The van der Waals surface area contributed by atoms with Gasteiger partial charge in [0.05, 0.1) is 0 Å². The zero-order valence-corrected chi connectivity index (χ0v) is 11.8. The molecule has 4 N–H and O–H groups in total. The minimum atomic E-state index is -0.159. The van der Waals surface area contributed by atoms with Gasteiger partial charge in [-0.15, -0.1) is 0 Å². The molecular weight excluding hydrogens is 262 g/mol. The molecule has 0 atom stereocenters. The van der Waals surface area contributed by atoms with Gasteiger partial charge in [-0.25, -0.2) is 4.79 Å². The molecule has 0 spiro atoms. The molecule has 0 aromatic heterocycles. The number of urea groups is 1. The quantitative estimate of drug-likeness (QED) is 0.809. The molecule has 2 aromatic carbocycles. The second kappa shape index (κ2) is 5.97. The van der Waals surface area contributed by atoms with E-state index in [9.17, 15) is 4.79 Å². The van der Waals surface area contributed by atoms with Crippen molar-refractivity contribution in [2.45, 2.75) is 25.4 Å². The Morgan fingerprint density at radius 1 is 1.05 bits per heavy atom. The Hall–Kier alpha value is -2.33. The molecule has 2 amide bonds. The average molecular weight is 281 g/mol. The molecule has 1 aliphatic carbocycles. The average Bonchev–Trinajstić information content (AvgIpc) is 2.90. The van der Waals surface area contributed by atoms with Gasteiger partial charge in [0.25, 0.3) is 0 Å². The molecule has 108 valence electrons. The highest BCUT2D eigenvalue weighted by Crippen LogP contribution is 2.21. The summed E-state index contributed by atoms with van der Waals surface area (Å²) in [7, 11) is 0. The highest BCUT2D eigenvalue weighted by molar-refractivity contribution is 5.89. The van der Waals surface area contributed by atoms with Crippen LogP contribution in [0, 0.1) is 0 Å². The summed E-state index contributed by atoms with van der Waals surface area (Å²) in [5.41, 5.74) is 10.0. The van der Waals surface area contributed by atoms with Gasteiger partial charge in [-0.05, 0) is 41.7 Å². The maximum atomic E-state index is 12.0. The van der Waals surface area contributed by atoms with Gasteiger partial charge in [0.1, 0.15) is 0 Å². The first kappa shape index (κ1) is 13.6. The monoisotopic (exact) mass is 281 g/mol. The molecule has 1 aliphatic rings. The van der Waals surface area contributed by atoms with Gasteiger partial charge < -0.3 is 16.4 Å². The number of carbonyl (C=O) groups is 1. The zero-order chi connectivity index (χ0) is 14.7. The summed E-state index contributed by atoms with van der Waals surface area (Å²) in [6.45, 7) is 0.507. The van der Waals surface area contributed by atoms with Crippen molar-refractivity contribution in [3.8, 4) is 0 Å². The molecule has 0 bridgehead atoms. The molecule has 0 aliphatic heterocycles. The summed E-state index contributed by atoms with van der Waals surface area (Å²) >= 11 is 0. The lowest BCUT2D eigenvalue weighted by Crippen LogP contribution is -2.38. The van der Waals surface area contributed by atoms with E-state index in [1.165, 1.54) is 11.1 Å². The van der Waals surface area contributed by atoms with E-state index >= 15 is 0 Å². The second-order valence-electron chi connectivity index (χ2n) is 5.37. The van der Waals surface area contributed by atoms with E-state index in [-0.39, 0.29) is 12.1 Å². The molecular formula is C17H19N3O. The van der Waals surface area contributed by atoms with Gasteiger partial charge in [-0.1, -0.05) is 36.4 Å². The number of amides is 2. The summed E-state index contributed by atoms with van der Waals surface area (Å²) in [5.74, 6) is 0. The normalized spacial score (nSPS) is 13.8. The third-order valence-corrected chi connectivity index (χ3v) is 3.83. The van der Waals surface area contributed by atoms with Gasteiger partial charge in [-0.3, -0.25) is 0 Å². The van der Waals surface area contributed by atoms with Gasteiger partial charge in [-0.2, -0.15) is 0 Å². The Balaban J connectivity index is 1.55. The minimum Gasteiger partial charge on any atom is -0.334 e. The van der Waals surface area contributed by atoms with Gasteiger partial charge >= 0.3 is 6.03 Å². The summed E-state index contributed by atoms with van der Waals surface area (Å²) in [6.07, 6.45) is 1.80. The zero-order valence-electron chi connectivity index (χ0n) is 11.8. The molecule has 21 heavy (non-hydrogen) atoms. The smallest absolute Gasteiger partial charge is 0.319 e. The van der Waals surface area contributed by atoms with Gasteiger partial charge in [0.2, 0.25) is 0 Å². The number of anilines is 1. The molecule has 0 heterocycles. The topological polar surface area (TPSA) is 67.1 Å². The number of nitrogens with one attached hydrogen (secondary N) is 2. The van der Waals surface area contributed by atoms with Gasteiger partial charge in [0.15, 0.2) is 0 Å². The third-order valence-electron chi connectivity index (χ3n) is 3.83. The summed E-state index contributed by atoms with van der Waals surface area (Å²) in [6, 6.07) is 15.9. The Kier molecular flexibility index (Phi) is 3.88. The number of rotatable bonds is 3. The molecule has 0 saturated heterocycles. The Morgan fingerprint density at radius 3 is 2.24 bits per heavy atom. The number of nitrogens with two attached hydrogens (primary N) is 1. The molecule has 0 radical (unpaired) electrons. The Morgan fingerprint density at radius 2 is 1.67 bits per heavy atom. The van der Waals surface area contributed by atoms with Crippen LogP contribution in [0.15, 0.2) is 48.5 Å². The number of carbonyl (C=O) groups excluding carboxylic acids is 1. The first-order chi connectivity index (χ1) is 10.2. The predicted octanol–water partition coefficient (Wildman–Crippen LogP) is 2.43. The third kappa shape index (κ3) is 3.23. The lowest BCUT2D eigenvalue weighted by Gasteiger charge is -2.13. The van der Waals surface area contributed by atoms with Gasteiger partial charge in [0, 0.05) is 18.3 Å². The SMILES string of the molecule is NCc1ccc(NC(=O)NC2Cc3ccccc3C2)cc1. The molecule has 0 fully saturated rings. The van der Waals surface area contributed by atoms with Crippen LogP contribution in [0.4, 0.5) is 10.5 Å². The molecule has 0 unspecified atom stereocenters. The van der Waals surface area contributed by atoms with E-state index in [0.29, 0.717) is 6.54 Å². The summed E-state index contributed by atoms with van der Waals surface area (Å²) in [5, 5.41) is 5.88. The van der Waals surface area contributed by atoms with Crippen LogP contribution in [0.1, 0.15) is 16.7 Å². The fraction of sp³-hybridized carbons (Fsp3) is 0.235. The fourth-order valence-corrected chi connectivity index (χ4v) is 2.74. The van der Waals surface area contributed by atoms with Crippen LogP contribution in [-0.2, 0) is 19.4 Å². The van der Waals surface area contributed by atoms with Crippen molar-refractivity contribution >= 4 is 11.7 Å². The minimum absolute atomic E-state index is 0.159. The lowest BCUT2D eigenvalue weighted by atomic mass is 10.1. The fourth-order valence-electron chi connectivity index (χ4n) is 2.74. The van der Waals surface area contributed by atoms with Crippen LogP contribution in [0.25, 0.3) is 0 Å². The maximum Gasteiger partial charge on any atom is 0.319 e. The lowest BCUT2D eigenvalue weighted by molar-refractivity contribution is 0.249. The number of fused-ring (bicyclic) bond motifs is 1. The largest absolute Gasteiger partial charge is 0.334 e. The van der Waals surface area contributed by atoms with Crippen LogP contribution >= 0.6 is 0 Å². The molecule has 4 heteroatoms. The molecule has 2 aromatic rings. The molecule has 3 rings (SSSR count). The van der Waals surface area contributed by atoms with Crippen molar-refractivity contribution in [3.05, 3.63) is 65.2 Å². The van der Waals surface area contributed by atoms with Crippen LogP contribution in [0.5, 0.6) is 0 Å². The van der Waals surface area contributed by atoms with E-state index < -0.39 is 0 Å². The standard InChI is InChI=1S/C17H19N3O/c18-11-12-5-7-15(8-6-12)19-17(21)20-16-9-13-3-1-2-4-14(13)10-16/h1-8,16H,9-11,18H2,(H2,19,20,21). The van der Waals surface area contributed by atoms with Crippen molar-refractivity contribution in [3.63, 3.8) is 0 Å². The van der Waals surface area contributed by atoms with Crippen LogP contribution < -0.4 is 16.4 Å². The summed E-state index contributed by atoms with van der Waals surface area (Å²) in [4.78, 5) is 12.0. The van der Waals surface area contributed by atoms with E-state index in [0.717, 1.165) is 24.1 Å². The van der Waals surface area contributed by atoms with Crippen LogP contribution in [-0.4, -0.2) is 12.1 Å². The number of hydrogen-bond acceptors (Lipinski definition) is 2. The predicted molar refractivity (Wildman–Crippen MR) is 84.1 cm³/mol. The van der Waals surface area contributed by atoms with Crippen molar-refractivity contribution in [1.29, 1.82) is 0 Å². The van der Waals surface area contributed by atoms with Crippen LogP contribution in [0.2, 0.25) is 0 Å². The van der Waals surface area contributed by atoms with E-state index in [1.807, 2.05) is 36.4 Å². The Labute approximate surface area is 124 Å². The Bertz CT molecular complexity index is 612. The van der Waals surface area contributed by atoms with Crippen molar-refractivity contribution in [1.82, 2.24) is 5.32 Å². The first-order valence-electron chi connectivity index (χ1n) is 7.18. The van der Waals surface area contributed by atoms with E-state index in [1.54, 1.807) is 0 Å². The van der Waals surface area contributed by atoms with E-state index in [2.05, 4.69) is 22.8 Å². The van der Waals surface area contributed by atoms with Crippen molar-refractivity contribution in [2.75, 3.05) is 5.32 Å². The highest BCUT2D eigenvalue weighted by Gasteiger charge is 2.22. The number of hydrogen-bond donors (Lipinski definition) is 3. The molecule has 0 saturated carbocycles. The van der Waals surface area contributed by atoms with E-state index in [4.69, 9.17) is 5.73 Å². The van der Waals surface area contributed by atoms with Crippen LogP contribution in [0.3, 0.4) is 0 Å². The highest BCUT2D eigenvalue weighted by atomic mass is 16.2. The maximum absolute atomic E-state index is 12.0. The van der Waals surface area contributed by atoms with Crippen molar-refractivity contribution < 1.29 is 4.79 Å². The summed E-state index contributed by atoms with van der Waals surface area (Å²) < 4.78 is 0. The number of benzene rings is 2. The second-order valence-corrected chi connectivity index (χ2v) is 5.37.